The second-order valence-electron chi connectivity index (χ2n) is 5.14. The Balaban J connectivity index is 2.18. The number of esters is 1. The summed E-state index contributed by atoms with van der Waals surface area (Å²) in [5.41, 5.74) is 7.27. The first-order chi connectivity index (χ1) is 9.77. The van der Waals surface area contributed by atoms with Gasteiger partial charge in [0.2, 0.25) is 0 Å². The van der Waals surface area contributed by atoms with Crippen molar-refractivity contribution in [3.63, 3.8) is 0 Å². The zero-order chi connectivity index (χ0) is 14.6. The smallest absolute Gasteiger partial charge is 0.338 e. The highest BCUT2D eigenvalue weighted by Crippen LogP contribution is 2.08. The highest BCUT2D eigenvalue weighted by atomic mass is 16.5. The fourth-order valence-corrected chi connectivity index (χ4v) is 2.10. The predicted octanol–water partition coefficient (Wildman–Crippen LogP) is 3.71. The van der Waals surface area contributed by atoms with E-state index in [1.54, 1.807) is 0 Å². The summed E-state index contributed by atoms with van der Waals surface area (Å²) >= 11 is 0. The zero-order valence-corrected chi connectivity index (χ0v) is 12.6. The van der Waals surface area contributed by atoms with Crippen molar-refractivity contribution in [2.75, 3.05) is 13.2 Å². The third-order valence-corrected chi connectivity index (χ3v) is 3.35. The molecule has 0 heterocycles. The van der Waals surface area contributed by atoms with Gasteiger partial charge in [0, 0.05) is 0 Å². The number of carbonyl (C=O) groups is 1. The van der Waals surface area contributed by atoms with E-state index in [-0.39, 0.29) is 5.97 Å². The Kier molecular flexibility index (Phi) is 8.72. The van der Waals surface area contributed by atoms with Gasteiger partial charge in [-0.3, -0.25) is 0 Å². The van der Waals surface area contributed by atoms with Gasteiger partial charge in [-0.25, -0.2) is 4.79 Å². The molecule has 1 aromatic carbocycles. The van der Waals surface area contributed by atoms with E-state index >= 15 is 0 Å². The molecule has 0 saturated carbocycles. The first-order valence-corrected chi connectivity index (χ1v) is 7.74. The maximum atomic E-state index is 11.8. The highest BCUT2D eigenvalue weighted by Gasteiger charge is 2.06. The quantitative estimate of drug-likeness (QED) is 0.524. The van der Waals surface area contributed by atoms with Crippen molar-refractivity contribution in [2.24, 2.45) is 5.73 Å². The lowest BCUT2D eigenvalue weighted by molar-refractivity contribution is 0.0497. The van der Waals surface area contributed by atoms with E-state index in [1.165, 1.54) is 25.7 Å². The molecule has 3 nitrogen and oxygen atoms in total. The number of ether oxygens (including phenoxy) is 1. The molecule has 0 spiro atoms. The highest BCUT2D eigenvalue weighted by molar-refractivity contribution is 5.89. The molecule has 112 valence electrons. The predicted molar refractivity (Wildman–Crippen MR) is 82.9 cm³/mol. The molecule has 0 fully saturated rings. The van der Waals surface area contributed by atoms with Crippen molar-refractivity contribution in [1.29, 1.82) is 0 Å². The Morgan fingerprint density at radius 3 is 2.35 bits per heavy atom. The minimum atomic E-state index is -0.224. The van der Waals surface area contributed by atoms with E-state index in [4.69, 9.17) is 10.5 Å². The van der Waals surface area contributed by atoms with Crippen molar-refractivity contribution in [3.05, 3.63) is 35.4 Å². The number of hydrogen-bond donors (Lipinski definition) is 1. The molecule has 0 aliphatic carbocycles. The third kappa shape index (κ3) is 6.71. The molecule has 0 atom stereocenters. The van der Waals surface area contributed by atoms with Crippen LogP contribution in [0.2, 0.25) is 0 Å². The molecule has 2 N–H and O–H groups in total. The number of hydrogen-bond acceptors (Lipinski definition) is 3. The zero-order valence-electron chi connectivity index (χ0n) is 12.6. The molecule has 0 aromatic heterocycles. The van der Waals surface area contributed by atoms with Crippen LogP contribution in [0.4, 0.5) is 0 Å². The number of benzene rings is 1. The number of unbranched alkanes of at least 4 members (excludes halogenated alkanes) is 5. The van der Waals surface area contributed by atoms with Gasteiger partial charge in [0.05, 0.1) is 12.2 Å². The fraction of sp³-hybridized carbons (Fsp3) is 0.588. The molecule has 20 heavy (non-hydrogen) atoms. The minimum Gasteiger partial charge on any atom is -0.462 e. The third-order valence-electron chi connectivity index (χ3n) is 3.35. The van der Waals surface area contributed by atoms with Gasteiger partial charge in [0.25, 0.3) is 0 Å². The second-order valence-corrected chi connectivity index (χ2v) is 5.14. The average Bonchev–Trinajstić information content (AvgIpc) is 2.47. The summed E-state index contributed by atoms with van der Waals surface area (Å²) in [7, 11) is 0. The van der Waals surface area contributed by atoms with Crippen molar-refractivity contribution >= 4 is 5.97 Å². The van der Waals surface area contributed by atoms with Crippen LogP contribution in [0, 0.1) is 0 Å². The van der Waals surface area contributed by atoms with Crippen LogP contribution in [0.1, 0.15) is 61.4 Å². The van der Waals surface area contributed by atoms with Crippen molar-refractivity contribution in [3.8, 4) is 0 Å². The molecule has 0 amide bonds. The topological polar surface area (TPSA) is 52.3 Å². The minimum absolute atomic E-state index is 0.224. The Labute approximate surface area is 122 Å². The molecule has 0 bridgehead atoms. The van der Waals surface area contributed by atoms with Crippen LogP contribution in [0.5, 0.6) is 0 Å². The van der Waals surface area contributed by atoms with Crippen molar-refractivity contribution in [2.45, 2.75) is 51.9 Å². The average molecular weight is 277 g/mol. The summed E-state index contributed by atoms with van der Waals surface area (Å²) in [5, 5.41) is 0. The summed E-state index contributed by atoms with van der Waals surface area (Å²) in [6.45, 7) is 3.36. The molecule has 0 radical (unpaired) electrons. The molecule has 0 aliphatic heterocycles. The van der Waals surface area contributed by atoms with Crippen molar-refractivity contribution < 1.29 is 9.53 Å². The van der Waals surface area contributed by atoms with E-state index in [0.29, 0.717) is 18.7 Å². The number of nitrogens with two attached hydrogens (primary N) is 1. The van der Waals surface area contributed by atoms with Crippen LogP contribution in [0.15, 0.2) is 24.3 Å². The Morgan fingerprint density at radius 1 is 1.05 bits per heavy atom. The Morgan fingerprint density at radius 2 is 1.70 bits per heavy atom. The van der Waals surface area contributed by atoms with Crippen molar-refractivity contribution in [1.82, 2.24) is 0 Å². The maximum Gasteiger partial charge on any atom is 0.338 e. The molecule has 1 rings (SSSR count). The summed E-state index contributed by atoms with van der Waals surface area (Å²) < 4.78 is 5.27. The fourth-order valence-electron chi connectivity index (χ4n) is 2.10. The van der Waals surface area contributed by atoms with Gasteiger partial charge in [-0.05, 0) is 37.1 Å². The molecule has 1 aromatic rings. The van der Waals surface area contributed by atoms with E-state index in [9.17, 15) is 4.79 Å². The van der Waals surface area contributed by atoms with Crippen LogP contribution in [0.25, 0.3) is 0 Å². The van der Waals surface area contributed by atoms with Gasteiger partial charge in [0.1, 0.15) is 0 Å². The molecule has 3 heteroatoms. The molecule has 0 aliphatic rings. The van der Waals surface area contributed by atoms with Gasteiger partial charge < -0.3 is 10.5 Å². The van der Waals surface area contributed by atoms with Crippen LogP contribution < -0.4 is 5.73 Å². The Bertz CT molecular complexity index is 373. The van der Waals surface area contributed by atoms with Gasteiger partial charge in [-0.2, -0.15) is 0 Å². The van der Waals surface area contributed by atoms with Crippen LogP contribution in [-0.2, 0) is 11.2 Å². The second kappa shape index (κ2) is 10.4. The van der Waals surface area contributed by atoms with E-state index in [0.717, 1.165) is 24.8 Å². The lowest BCUT2D eigenvalue weighted by atomic mass is 10.1. The Hall–Kier alpha value is -1.35. The normalized spacial score (nSPS) is 10.5. The molecular formula is C17H27NO2. The molecular weight excluding hydrogens is 250 g/mol. The lowest BCUT2D eigenvalue weighted by Gasteiger charge is -2.06. The van der Waals surface area contributed by atoms with Gasteiger partial charge >= 0.3 is 5.97 Å². The summed E-state index contributed by atoms with van der Waals surface area (Å²) in [6, 6.07) is 7.51. The van der Waals surface area contributed by atoms with E-state index < -0.39 is 0 Å². The van der Waals surface area contributed by atoms with Crippen LogP contribution in [-0.4, -0.2) is 19.1 Å². The van der Waals surface area contributed by atoms with Gasteiger partial charge in [-0.1, -0.05) is 51.2 Å². The number of carbonyl (C=O) groups excluding carboxylic acids is 1. The summed E-state index contributed by atoms with van der Waals surface area (Å²) in [5.74, 6) is -0.224. The first-order valence-electron chi connectivity index (χ1n) is 7.74. The lowest BCUT2D eigenvalue weighted by Crippen LogP contribution is -2.07. The van der Waals surface area contributed by atoms with E-state index in [1.807, 2.05) is 24.3 Å². The van der Waals surface area contributed by atoms with Gasteiger partial charge in [0.15, 0.2) is 0 Å². The van der Waals surface area contributed by atoms with Crippen LogP contribution in [0.3, 0.4) is 0 Å². The van der Waals surface area contributed by atoms with Crippen LogP contribution >= 0.6 is 0 Å². The summed E-state index contributed by atoms with van der Waals surface area (Å²) in [4.78, 5) is 11.8. The van der Waals surface area contributed by atoms with Gasteiger partial charge in [-0.15, -0.1) is 0 Å². The first kappa shape index (κ1) is 16.7. The maximum absolute atomic E-state index is 11.8. The SMILES string of the molecule is CCCCCCCCOC(=O)c1ccc(CCN)cc1. The standard InChI is InChI=1S/C17H27NO2/c1-2-3-4-5-6-7-14-20-17(19)16-10-8-15(9-11-16)12-13-18/h8-11H,2-7,12-14,18H2,1H3. The largest absolute Gasteiger partial charge is 0.462 e. The van der Waals surface area contributed by atoms with E-state index in [2.05, 4.69) is 6.92 Å². The monoisotopic (exact) mass is 277 g/mol. The molecule has 0 unspecified atom stereocenters. The molecule has 0 saturated heterocycles. The number of rotatable bonds is 10. The summed E-state index contributed by atoms with van der Waals surface area (Å²) in [6.07, 6.45) is 8.02.